The second-order valence-corrected chi connectivity index (χ2v) is 5.41. The number of phosphoric acid groups is 1. The molecule has 2 heterocycles. The van der Waals surface area contributed by atoms with Crippen LogP contribution < -0.4 is 11.3 Å². The number of imidazole rings is 1. The van der Waals surface area contributed by atoms with Gasteiger partial charge in [-0.15, -0.1) is 0 Å². The van der Waals surface area contributed by atoms with E-state index in [1.807, 2.05) is 0 Å². The summed E-state index contributed by atoms with van der Waals surface area (Å²) in [5.41, 5.74) is 5.33. The Bertz CT molecular complexity index is 752. The van der Waals surface area contributed by atoms with Gasteiger partial charge in [-0.2, -0.15) is 4.98 Å². The number of aromatic nitrogens is 4. The maximum Gasteiger partial charge on any atom is 0.469 e. The third kappa shape index (κ3) is 4.34. The van der Waals surface area contributed by atoms with E-state index < -0.39 is 26.3 Å². The van der Waals surface area contributed by atoms with Crippen molar-refractivity contribution in [3.8, 4) is 0 Å². The third-order valence-corrected chi connectivity index (χ3v) is 3.01. The van der Waals surface area contributed by atoms with E-state index in [2.05, 4.69) is 19.5 Å². The van der Waals surface area contributed by atoms with Crippen LogP contribution in [0.1, 0.15) is 0 Å². The fraction of sp³-hybridized carbons (Fsp3) is 0.444. The predicted molar refractivity (Wildman–Crippen MR) is 72.5 cm³/mol. The van der Waals surface area contributed by atoms with Crippen LogP contribution in [0.25, 0.3) is 11.2 Å². The molecule has 0 amide bonds. The number of H-pyrrole nitrogens is 1. The Balaban J connectivity index is 1.93. The summed E-state index contributed by atoms with van der Waals surface area (Å²) in [7, 11) is -4.66. The van der Waals surface area contributed by atoms with Gasteiger partial charge in [0.1, 0.15) is 6.61 Å². The van der Waals surface area contributed by atoms with Gasteiger partial charge in [0.15, 0.2) is 17.5 Å². The van der Waals surface area contributed by atoms with E-state index >= 15 is 0 Å². The van der Waals surface area contributed by atoms with Gasteiger partial charge >= 0.3 is 7.82 Å². The quantitative estimate of drug-likeness (QED) is 0.284. The lowest BCUT2D eigenvalue weighted by atomic mass is 10.5. The molecular weight excluding hydrogens is 321 g/mol. The molecular formula is C9H14N5O7P. The molecule has 2 aromatic rings. The number of nitrogen functional groups attached to an aromatic ring is 1. The molecule has 0 radical (unpaired) electrons. The predicted octanol–water partition coefficient (Wildman–Crippen LogP) is -1.85. The van der Waals surface area contributed by atoms with Gasteiger partial charge in [0.2, 0.25) is 5.95 Å². The highest BCUT2D eigenvalue weighted by atomic mass is 31.2. The molecule has 0 aromatic carbocycles. The topological polar surface area (TPSA) is 186 Å². The number of nitrogens with one attached hydrogen (secondary N) is 1. The lowest BCUT2D eigenvalue weighted by molar-refractivity contribution is -0.123. The molecule has 0 aliphatic carbocycles. The smallest absolute Gasteiger partial charge is 0.369 e. The summed E-state index contributed by atoms with van der Waals surface area (Å²) < 4.78 is 20.9. The average molecular weight is 335 g/mol. The monoisotopic (exact) mass is 335 g/mol. The summed E-state index contributed by atoms with van der Waals surface area (Å²) in [6.07, 6.45) is -0.155. The first kappa shape index (κ1) is 16.5. The summed E-state index contributed by atoms with van der Waals surface area (Å²) in [6.45, 7) is -0.537. The number of ether oxygens (including phenoxy) is 1. The standard InChI is InChI=1S/C9H14N5O7P/c10-9-12-7-6(8(16)13-9)11-4-14(7)1-2-20-5(15)3-21-22(17,18)19/h4-5,15H,1-3H2,(H2,17,18,19)(H3,10,12,13,16). The molecule has 0 bridgehead atoms. The van der Waals surface area contributed by atoms with E-state index in [1.165, 1.54) is 10.9 Å². The van der Waals surface area contributed by atoms with Gasteiger partial charge in [-0.25, -0.2) is 9.55 Å². The van der Waals surface area contributed by atoms with E-state index in [1.54, 1.807) is 0 Å². The van der Waals surface area contributed by atoms with Crippen molar-refractivity contribution in [3.05, 3.63) is 16.7 Å². The number of hydrogen-bond acceptors (Lipinski definition) is 8. The summed E-state index contributed by atoms with van der Waals surface area (Å²) in [5, 5.41) is 9.34. The molecule has 22 heavy (non-hydrogen) atoms. The first-order valence-electron chi connectivity index (χ1n) is 5.96. The Hall–Kier alpha value is -1.82. The van der Waals surface area contributed by atoms with E-state index in [4.69, 9.17) is 20.3 Å². The second kappa shape index (κ2) is 6.52. The van der Waals surface area contributed by atoms with Crippen LogP contribution in [0.4, 0.5) is 5.95 Å². The van der Waals surface area contributed by atoms with Gasteiger partial charge in [-0.05, 0) is 0 Å². The number of phosphoric ester groups is 1. The number of anilines is 1. The minimum absolute atomic E-state index is 0.0362. The van der Waals surface area contributed by atoms with Gasteiger partial charge in [-0.1, -0.05) is 0 Å². The molecule has 0 spiro atoms. The van der Waals surface area contributed by atoms with E-state index in [9.17, 15) is 14.5 Å². The molecule has 12 nitrogen and oxygen atoms in total. The number of aromatic amines is 1. The molecule has 0 fully saturated rings. The fourth-order valence-electron chi connectivity index (χ4n) is 1.63. The lowest BCUT2D eigenvalue weighted by Gasteiger charge is -2.13. The minimum Gasteiger partial charge on any atom is -0.369 e. The SMILES string of the molecule is Nc1nc2c(ncn2CCOC(O)COP(=O)(O)O)c(=O)[nH]1. The molecule has 6 N–H and O–H groups in total. The van der Waals surface area contributed by atoms with Crippen LogP contribution in [0.2, 0.25) is 0 Å². The summed E-state index contributed by atoms with van der Waals surface area (Å²) >= 11 is 0. The van der Waals surface area contributed by atoms with E-state index in [-0.39, 0.29) is 30.3 Å². The molecule has 13 heteroatoms. The van der Waals surface area contributed by atoms with Gasteiger partial charge in [0, 0.05) is 6.54 Å². The van der Waals surface area contributed by atoms with Crippen molar-refractivity contribution in [2.75, 3.05) is 18.9 Å². The zero-order chi connectivity index (χ0) is 16.3. The van der Waals surface area contributed by atoms with Crippen molar-refractivity contribution in [3.63, 3.8) is 0 Å². The van der Waals surface area contributed by atoms with Crippen LogP contribution in [0.15, 0.2) is 11.1 Å². The highest BCUT2D eigenvalue weighted by Crippen LogP contribution is 2.35. The third-order valence-electron chi connectivity index (χ3n) is 2.52. The fourth-order valence-corrected chi connectivity index (χ4v) is 1.95. The largest absolute Gasteiger partial charge is 0.469 e. The molecule has 122 valence electrons. The molecule has 2 aromatic heterocycles. The van der Waals surface area contributed by atoms with Crippen LogP contribution >= 0.6 is 7.82 Å². The molecule has 1 atom stereocenters. The van der Waals surface area contributed by atoms with Gasteiger partial charge in [0.05, 0.1) is 12.9 Å². The van der Waals surface area contributed by atoms with Crippen LogP contribution in [0.3, 0.4) is 0 Å². The number of fused-ring (bicyclic) bond motifs is 1. The molecule has 0 saturated heterocycles. The average Bonchev–Trinajstić information content (AvgIpc) is 2.79. The van der Waals surface area contributed by atoms with Gasteiger partial charge < -0.3 is 29.9 Å². The number of hydrogen-bond donors (Lipinski definition) is 5. The molecule has 2 rings (SSSR count). The van der Waals surface area contributed by atoms with Crippen molar-refractivity contribution >= 4 is 24.9 Å². The highest BCUT2D eigenvalue weighted by Gasteiger charge is 2.17. The maximum atomic E-state index is 11.6. The normalized spacial score (nSPS) is 13.6. The van der Waals surface area contributed by atoms with Crippen LogP contribution in [-0.4, -0.2) is 53.9 Å². The molecule has 1 unspecified atom stereocenters. The first-order chi connectivity index (χ1) is 10.3. The minimum atomic E-state index is -4.66. The zero-order valence-corrected chi connectivity index (χ0v) is 12.0. The Morgan fingerprint density at radius 3 is 2.91 bits per heavy atom. The summed E-state index contributed by atoms with van der Waals surface area (Å²) in [4.78, 5) is 38.6. The van der Waals surface area contributed by atoms with Crippen LogP contribution in [-0.2, 0) is 20.4 Å². The van der Waals surface area contributed by atoms with Crippen molar-refractivity contribution in [2.24, 2.45) is 0 Å². The summed E-state index contributed by atoms with van der Waals surface area (Å²) in [6, 6.07) is 0. The molecule has 0 aliphatic rings. The molecule has 0 saturated carbocycles. The van der Waals surface area contributed by atoms with E-state index in [0.29, 0.717) is 0 Å². The van der Waals surface area contributed by atoms with Crippen LogP contribution in [0.5, 0.6) is 0 Å². The Kier molecular flexibility index (Phi) is 4.90. The van der Waals surface area contributed by atoms with Crippen molar-refractivity contribution in [1.82, 2.24) is 19.5 Å². The lowest BCUT2D eigenvalue weighted by Crippen LogP contribution is -2.21. The number of aliphatic hydroxyl groups is 1. The first-order valence-corrected chi connectivity index (χ1v) is 7.49. The Morgan fingerprint density at radius 1 is 1.50 bits per heavy atom. The Morgan fingerprint density at radius 2 is 2.23 bits per heavy atom. The van der Waals surface area contributed by atoms with Gasteiger partial charge in [-0.3, -0.25) is 14.3 Å². The number of rotatable bonds is 7. The summed E-state index contributed by atoms with van der Waals surface area (Å²) in [5.74, 6) is -0.0600. The van der Waals surface area contributed by atoms with Crippen molar-refractivity contribution < 1.29 is 28.7 Å². The zero-order valence-electron chi connectivity index (χ0n) is 11.1. The number of aliphatic hydroxyl groups excluding tert-OH is 1. The molecule has 0 aliphatic heterocycles. The number of nitrogens with two attached hydrogens (primary N) is 1. The van der Waals surface area contributed by atoms with Crippen molar-refractivity contribution in [1.29, 1.82) is 0 Å². The van der Waals surface area contributed by atoms with Crippen LogP contribution in [0, 0.1) is 0 Å². The van der Waals surface area contributed by atoms with Gasteiger partial charge in [0.25, 0.3) is 5.56 Å². The highest BCUT2D eigenvalue weighted by molar-refractivity contribution is 7.46. The van der Waals surface area contributed by atoms with Crippen molar-refractivity contribution in [2.45, 2.75) is 12.8 Å². The van der Waals surface area contributed by atoms with E-state index in [0.717, 1.165) is 0 Å². The maximum absolute atomic E-state index is 11.6. The number of nitrogens with zero attached hydrogens (tertiary/aromatic N) is 3. The second-order valence-electron chi connectivity index (χ2n) is 4.17. The Labute approximate surface area is 122 Å².